The summed E-state index contributed by atoms with van der Waals surface area (Å²) in [6.07, 6.45) is 2.92. The molecule has 1 aromatic rings. The van der Waals surface area contributed by atoms with Gasteiger partial charge in [0.1, 0.15) is 0 Å². The van der Waals surface area contributed by atoms with Crippen molar-refractivity contribution in [2.24, 2.45) is 0 Å². The lowest BCUT2D eigenvalue weighted by Gasteiger charge is -2.15. The second kappa shape index (κ2) is 7.37. The van der Waals surface area contributed by atoms with Crippen LogP contribution >= 0.6 is 0 Å². The van der Waals surface area contributed by atoms with Crippen LogP contribution < -0.4 is 0 Å². The number of hydrogen-bond donors (Lipinski definition) is 0. The van der Waals surface area contributed by atoms with Crippen LogP contribution in [0.2, 0.25) is 0 Å². The number of hydrogen-bond acceptors (Lipinski definition) is 3. The van der Waals surface area contributed by atoms with Gasteiger partial charge in [0.15, 0.2) is 0 Å². The molecular weight excluding hydrogens is 188 g/mol. The quantitative estimate of drug-likeness (QED) is 0.640. The molecule has 84 valence electrons. The zero-order chi connectivity index (χ0) is 10.9. The highest BCUT2D eigenvalue weighted by Crippen LogP contribution is 1.99. The molecule has 0 N–H and O–H groups in total. The summed E-state index contributed by atoms with van der Waals surface area (Å²) in [5, 5.41) is 0. The highest BCUT2D eigenvalue weighted by atomic mass is 16.5. The molecule has 0 saturated carbocycles. The Morgan fingerprint density at radius 1 is 1.40 bits per heavy atom. The first-order valence-electron chi connectivity index (χ1n) is 5.49. The molecule has 3 heteroatoms. The van der Waals surface area contributed by atoms with E-state index in [-0.39, 0.29) is 0 Å². The molecule has 0 aromatic carbocycles. The van der Waals surface area contributed by atoms with Crippen molar-refractivity contribution < 1.29 is 4.74 Å². The molecule has 3 nitrogen and oxygen atoms in total. The Morgan fingerprint density at radius 3 is 2.93 bits per heavy atom. The molecule has 0 saturated heterocycles. The SMILES string of the molecule is CCOCCCN(C)Cc1ccccn1. The molecule has 1 aromatic heterocycles. The fourth-order valence-electron chi connectivity index (χ4n) is 1.43. The van der Waals surface area contributed by atoms with Gasteiger partial charge in [0.05, 0.1) is 5.69 Å². The average Bonchev–Trinajstić information content (AvgIpc) is 2.26. The van der Waals surface area contributed by atoms with Gasteiger partial charge >= 0.3 is 0 Å². The Kier molecular flexibility index (Phi) is 5.97. The van der Waals surface area contributed by atoms with Crippen molar-refractivity contribution >= 4 is 0 Å². The van der Waals surface area contributed by atoms with E-state index in [1.54, 1.807) is 0 Å². The maximum absolute atomic E-state index is 5.29. The van der Waals surface area contributed by atoms with E-state index >= 15 is 0 Å². The highest BCUT2D eigenvalue weighted by Gasteiger charge is 2.00. The van der Waals surface area contributed by atoms with E-state index < -0.39 is 0 Å². The lowest BCUT2D eigenvalue weighted by atomic mass is 10.3. The predicted molar refractivity (Wildman–Crippen MR) is 61.7 cm³/mol. The van der Waals surface area contributed by atoms with Gasteiger partial charge in [-0.15, -0.1) is 0 Å². The topological polar surface area (TPSA) is 25.4 Å². The van der Waals surface area contributed by atoms with Gasteiger partial charge in [-0.05, 0) is 32.5 Å². The third kappa shape index (κ3) is 5.50. The maximum Gasteiger partial charge on any atom is 0.0543 e. The van der Waals surface area contributed by atoms with Crippen LogP contribution in [-0.4, -0.2) is 36.7 Å². The van der Waals surface area contributed by atoms with E-state index in [2.05, 4.69) is 23.0 Å². The minimum Gasteiger partial charge on any atom is -0.382 e. The van der Waals surface area contributed by atoms with Crippen molar-refractivity contribution in [1.29, 1.82) is 0 Å². The van der Waals surface area contributed by atoms with Crippen molar-refractivity contribution in [3.05, 3.63) is 30.1 Å². The first-order chi connectivity index (χ1) is 7.33. The van der Waals surface area contributed by atoms with Crippen LogP contribution in [0, 0.1) is 0 Å². The fourth-order valence-corrected chi connectivity index (χ4v) is 1.43. The van der Waals surface area contributed by atoms with Gasteiger partial charge in [-0.1, -0.05) is 6.07 Å². The van der Waals surface area contributed by atoms with Crippen LogP contribution in [-0.2, 0) is 11.3 Å². The Hall–Kier alpha value is -0.930. The molecule has 0 amide bonds. The fraction of sp³-hybridized carbons (Fsp3) is 0.583. The molecular formula is C12H20N2O. The number of ether oxygens (including phenoxy) is 1. The van der Waals surface area contributed by atoms with E-state index in [1.165, 1.54) is 0 Å². The van der Waals surface area contributed by atoms with Crippen molar-refractivity contribution in [3.8, 4) is 0 Å². The van der Waals surface area contributed by atoms with Gasteiger partial charge in [-0.25, -0.2) is 0 Å². The second-order valence-corrected chi connectivity index (χ2v) is 3.61. The molecule has 0 aliphatic heterocycles. The largest absolute Gasteiger partial charge is 0.382 e. The molecule has 0 atom stereocenters. The van der Waals surface area contributed by atoms with Crippen LogP contribution in [0.1, 0.15) is 19.0 Å². The molecule has 1 rings (SSSR count). The van der Waals surface area contributed by atoms with Crippen LogP contribution in [0.3, 0.4) is 0 Å². The summed E-state index contributed by atoms with van der Waals surface area (Å²) in [7, 11) is 2.11. The summed E-state index contributed by atoms with van der Waals surface area (Å²) in [5.74, 6) is 0. The predicted octanol–water partition coefficient (Wildman–Crippen LogP) is 1.94. The van der Waals surface area contributed by atoms with Crippen LogP contribution in [0.4, 0.5) is 0 Å². The summed E-state index contributed by atoms with van der Waals surface area (Å²) in [6.45, 7) is 5.65. The maximum atomic E-state index is 5.29. The Labute approximate surface area is 92.1 Å². The Bertz CT molecular complexity index is 251. The average molecular weight is 208 g/mol. The van der Waals surface area contributed by atoms with Crippen LogP contribution in [0.25, 0.3) is 0 Å². The molecule has 0 bridgehead atoms. The smallest absolute Gasteiger partial charge is 0.0543 e. The van der Waals surface area contributed by atoms with Gasteiger partial charge < -0.3 is 9.64 Å². The molecule has 0 spiro atoms. The third-order valence-corrected chi connectivity index (χ3v) is 2.19. The van der Waals surface area contributed by atoms with Gasteiger partial charge in [-0.2, -0.15) is 0 Å². The Balaban J connectivity index is 2.16. The number of nitrogens with zero attached hydrogens (tertiary/aromatic N) is 2. The van der Waals surface area contributed by atoms with Crippen molar-refractivity contribution in [2.75, 3.05) is 26.8 Å². The molecule has 0 aliphatic rings. The molecule has 15 heavy (non-hydrogen) atoms. The van der Waals surface area contributed by atoms with Crippen LogP contribution in [0.15, 0.2) is 24.4 Å². The second-order valence-electron chi connectivity index (χ2n) is 3.61. The summed E-state index contributed by atoms with van der Waals surface area (Å²) < 4.78 is 5.29. The first kappa shape index (κ1) is 12.1. The Morgan fingerprint density at radius 2 is 2.27 bits per heavy atom. The molecule has 0 unspecified atom stereocenters. The summed E-state index contributed by atoms with van der Waals surface area (Å²) in [5.41, 5.74) is 1.12. The molecule has 0 aliphatic carbocycles. The lowest BCUT2D eigenvalue weighted by molar-refractivity contribution is 0.134. The minimum atomic E-state index is 0.809. The van der Waals surface area contributed by atoms with Crippen LogP contribution in [0.5, 0.6) is 0 Å². The number of aromatic nitrogens is 1. The summed E-state index contributed by atoms with van der Waals surface area (Å²) in [6, 6.07) is 6.02. The van der Waals surface area contributed by atoms with E-state index in [4.69, 9.17) is 4.74 Å². The van der Waals surface area contributed by atoms with E-state index in [0.717, 1.165) is 38.4 Å². The number of rotatable bonds is 7. The monoisotopic (exact) mass is 208 g/mol. The van der Waals surface area contributed by atoms with E-state index in [0.29, 0.717) is 0 Å². The first-order valence-corrected chi connectivity index (χ1v) is 5.49. The van der Waals surface area contributed by atoms with Gasteiger partial charge in [0, 0.05) is 32.5 Å². The van der Waals surface area contributed by atoms with E-state index in [9.17, 15) is 0 Å². The number of pyridine rings is 1. The lowest BCUT2D eigenvalue weighted by Crippen LogP contribution is -2.20. The van der Waals surface area contributed by atoms with Gasteiger partial charge in [0.2, 0.25) is 0 Å². The molecule has 0 radical (unpaired) electrons. The zero-order valence-corrected chi connectivity index (χ0v) is 9.65. The van der Waals surface area contributed by atoms with E-state index in [1.807, 2.05) is 25.3 Å². The van der Waals surface area contributed by atoms with Gasteiger partial charge in [0.25, 0.3) is 0 Å². The normalized spacial score (nSPS) is 10.9. The molecule has 1 heterocycles. The van der Waals surface area contributed by atoms with Gasteiger partial charge in [-0.3, -0.25) is 4.98 Å². The van der Waals surface area contributed by atoms with Crippen molar-refractivity contribution in [2.45, 2.75) is 19.9 Å². The van der Waals surface area contributed by atoms with Crippen molar-refractivity contribution in [1.82, 2.24) is 9.88 Å². The summed E-state index contributed by atoms with van der Waals surface area (Å²) >= 11 is 0. The minimum absolute atomic E-state index is 0.809. The standard InChI is InChI=1S/C12H20N2O/c1-3-15-10-6-9-14(2)11-12-7-4-5-8-13-12/h4-5,7-8H,3,6,9-11H2,1-2H3. The molecule has 0 fully saturated rings. The summed E-state index contributed by atoms with van der Waals surface area (Å²) in [4.78, 5) is 6.56. The zero-order valence-electron chi connectivity index (χ0n) is 9.65. The third-order valence-electron chi connectivity index (χ3n) is 2.19. The highest BCUT2D eigenvalue weighted by molar-refractivity contribution is 5.02. The van der Waals surface area contributed by atoms with Crippen molar-refractivity contribution in [3.63, 3.8) is 0 Å².